The highest BCUT2D eigenvalue weighted by Crippen LogP contribution is 2.23. The van der Waals surface area contributed by atoms with E-state index in [1.165, 1.54) is 148 Å². The Bertz CT molecular complexity index is 1110. The number of hydrogen-bond acceptors (Lipinski definition) is 10. The summed E-state index contributed by atoms with van der Waals surface area (Å²) in [6.07, 6.45) is 43.0. The number of aliphatic hydroxyl groups excluding tert-OH is 4. The number of aliphatic hydroxyl groups is 4. The summed E-state index contributed by atoms with van der Waals surface area (Å²) in [5.74, 6) is -0.858. The van der Waals surface area contributed by atoms with Crippen molar-refractivity contribution < 1.29 is 49.0 Å². The van der Waals surface area contributed by atoms with Gasteiger partial charge >= 0.3 is 11.9 Å². The molecule has 0 radical (unpaired) electrons. The van der Waals surface area contributed by atoms with E-state index in [0.29, 0.717) is 12.8 Å². The topological polar surface area (TPSA) is 152 Å². The van der Waals surface area contributed by atoms with Gasteiger partial charge in [-0.15, -0.1) is 0 Å². The smallest absolute Gasteiger partial charge is 0.306 e. The van der Waals surface area contributed by atoms with E-state index < -0.39 is 49.4 Å². The fraction of sp³-hybridized carbons (Fsp3) is 0.846. The first-order valence-corrected chi connectivity index (χ1v) is 25.6. The number of ether oxygens (including phenoxy) is 4. The Morgan fingerprint density at radius 2 is 0.919 bits per heavy atom. The summed E-state index contributed by atoms with van der Waals surface area (Å²) in [5.41, 5.74) is 0. The standard InChI is InChI=1S/C52H94O10/c1-3-5-7-9-11-13-15-17-19-21-22-23-25-26-28-30-32-34-36-38-40-47(54)59-43-45(44-60-52-51(58)50(57)49(56)46(42-53)62-52)61-48(55)41-39-37-35-33-31-29-27-24-20-18-16-14-12-10-8-6-4-2/h18,20,27,29,33,35,45-46,49-53,56-58H,3-17,19,21-26,28,30-32,34,36-44H2,1-2H3/b20-18+,29-27+,35-33+/t45-,46-,49+,50?,51?,52-/m0/s1. The van der Waals surface area contributed by atoms with Gasteiger partial charge in [-0.2, -0.15) is 0 Å². The minimum Gasteiger partial charge on any atom is -0.462 e. The monoisotopic (exact) mass is 879 g/mol. The summed E-state index contributed by atoms with van der Waals surface area (Å²) in [7, 11) is 0. The molecule has 0 aromatic heterocycles. The SMILES string of the molecule is CCCCCCCC/C=C/C/C=C/C/C=C/CCCC(=O)O[C@@H](COC(=O)CCCCCCCCCCCCCCCCCCCCCC)CO[C@H]1O[C@@H](CO)[C@@H](O)C(O)C1O. The van der Waals surface area contributed by atoms with Gasteiger partial charge in [0.1, 0.15) is 31.0 Å². The first-order chi connectivity index (χ1) is 30.3. The van der Waals surface area contributed by atoms with E-state index >= 15 is 0 Å². The number of hydrogen-bond donors (Lipinski definition) is 4. The molecule has 62 heavy (non-hydrogen) atoms. The second-order valence-corrected chi connectivity index (χ2v) is 17.6. The molecule has 1 fully saturated rings. The number of esters is 2. The number of carbonyl (C=O) groups excluding carboxylic acids is 2. The molecule has 1 rings (SSSR count). The van der Waals surface area contributed by atoms with Gasteiger partial charge in [0, 0.05) is 12.8 Å². The molecule has 0 aliphatic carbocycles. The molecule has 6 atom stereocenters. The second kappa shape index (κ2) is 42.8. The molecule has 0 bridgehead atoms. The Morgan fingerprint density at radius 3 is 1.40 bits per heavy atom. The van der Waals surface area contributed by atoms with Gasteiger partial charge < -0.3 is 39.4 Å². The third kappa shape index (κ3) is 33.4. The van der Waals surface area contributed by atoms with Crippen LogP contribution in [0.25, 0.3) is 0 Å². The maximum absolute atomic E-state index is 12.8. The Kier molecular flexibility index (Phi) is 40.0. The Balaban J connectivity index is 2.29. The highest BCUT2D eigenvalue weighted by molar-refractivity contribution is 5.70. The van der Waals surface area contributed by atoms with Gasteiger partial charge in [-0.1, -0.05) is 204 Å². The van der Waals surface area contributed by atoms with Crippen molar-refractivity contribution in [1.82, 2.24) is 0 Å². The largest absolute Gasteiger partial charge is 0.462 e. The summed E-state index contributed by atoms with van der Waals surface area (Å²) >= 11 is 0. The van der Waals surface area contributed by atoms with Crippen molar-refractivity contribution in [3.8, 4) is 0 Å². The van der Waals surface area contributed by atoms with Crippen molar-refractivity contribution in [3.63, 3.8) is 0 Å². The van der Waals surface area contributed by atoms with Crippen LogP contribution >= 0.6 is 0 Å². The molecule has 0 amide bonds. The van der Waals surface area contributed by atoms with Crippen molar-refractivity contribution >= 4 is 11.9 Å². The van der Waals surface area contributed by atoms with Crippen LogP contribution in [0.4, 0.5) is 0 Å². The fourth-order valence-electron chi connectivity index (χ4n) is 7.74. The third-order valence-corrected chi connectivity index (χ3v) is 11.8. The number of rotatable bonds is 43. The first-order valence-electron chi connectivity index (χ1n) is 25.6. The van der Waals surface area contributed by atoms with Crippen LogP contribution in [0.3, 0.4) is 0 Å². The lowest BCUT2D eigenvalue weighted by atomic mass is 9.99. The summed E-state index contributed by atoms with van der Waals surface area (Å²) in [5, 5.41) is 40.2. The summed E-state index contributed by atoms with van der Waals surface area (Å²) in [6.45, 7) is 3.40. The van der Waals surface area contributed by atoms with Crippen molar-refractivity contribution in [2.75, 3.05) is 19.8 Å². The number of allylic oxidation sites excluding steroid dienone is 6. The second-order valence-electron chi connectivity index (χ2n) is 17.6. The van der Waals surface area contributed by atoms with Gasteiger partial charge in [-0.3, -0.25) is 9.59 Å². The van der Waals surface area contributed by atoms with Crippen LogP contribution in [0.1, 0.15) is 226 Å². The molecule has 10 heteroatoms. The highest BCUT2D eigenvalue weighted by Gasteiger charge is 2.44. The molecule has 0 spiro atoms. The molecule has 0 aromatic rings. The molecule has 362 valence electrons. The molecule has 10 nitrogen and oxygen atoms in total. The molecule has 4 N–H and O–H groups in total. The van der Waals surface area contributed by atoms with E-state index in [2.05, 4.69) is 50.3 Å². The summed E-state index contributed by atoms with van der Waals surface area (Å²) in [4.78, 5) is 25.4. The predicted molar refractivity (Wildman–Crippen MR) is 252 cm³/mol. The molecular weight excluding hydrogens is 785 g/mol. The highest BCUT2D eigenvalue weighted by atomic mass is 16.7. The van der Waals surface area contributed by atoms with E-state index in [1.807, 2.05) is 0 Å². The molecule has 1 saturated heterocycles. The fourth-order valence-corrected chi connectivity index (χ4v) is 7.74. The normalized spacial score (nSPS) is 19.9. The van der Waals surface area contributed by atoms with Gasteiger partial charge in [0.15, 0.2) is 12.4 Å². The molecule has 2 unspecified atom stereocenters. The molecule has 1 aliphatic heterocycles. The Morgan fingerprint density at radius 1 is 0.500 bits per heavy atom. The van der Waals surface area contributed by atoms with Crippen LogP contribution in [-0.4, -0.2) is 89.0 Å². The zero-order chi connectivity index (χ0) is 45.1. The maximum atomic E-state index is 12.8. The van der Waals surface area contributed by atoms with E-state index in [1.54, 1.807) is 0 Å². The van der Waals surface area contributed by atoms with Crippen LogP contribution in [0.2, 0.25) is 0 Å². The lowest BCUT2D eigenvalue weighted by molar-refractivity contribution is -0.305. The Hall–Kier alpha value is -2.08. The van der Waals surface area contributed by atoms with Crippen molar-refractivity contribution in [3.05, 3.63) is 36.5 Å². The van der Waals surface area contributed by atoms with E-state index in [9.17, 15) is 30.0 Å². The first kappa shape index (κ1) is 57.9. The zero-order valence-corrected chi connectivity index (χ0v) is 39.6. The lowest BCUT2D eigenvalue weighted by Gasteiger charge is -2.39. The molecule has 0 saturated carbocycles. The number of unbranched alkanes of at least 4 members (excludes halogenated alkanes) is 26. The van der Waals surface area contributed by atoms with Crippen molar-refractivity contribution in [1.29, 1.82) is 0 Å². The van der Waals surface area contributed by atoms with Crippen LogP contribution in [0.5, 0.6) is 0 Å². The minimum atomic E-state index is -1.60. The summed E-state index contributed by atoms with van der Waals surface area (Å²) in [6, 6.07) is 0. The maximum Gasteiger partial charge on any atom is 0.306 e. The Labute approximate surface area is 378 Å². The average molecular weight is 879 g/mol. The van der Waals surface area contributed by atoms with Crippen LogP contribution in [0, 0.1) is 0 Å². The quantitative estimate of drug-likeness (QED) is 0.0265. The van der Waals surface area contributed by atoms with Crippen molar-refractivity contribution in [2.24, 2.45) is 0 Å². The number of carbonyl (C=O) groups is 2. The predicted octanol–water partition coefficient (Wildman–Crippen LogP) is 11.8. The average Bonchev–Trinajstić information content (AvgIpc) is 3.27. The van der Waals surface area contributed by atoms with Gasteiger partial charge in [0.25, 0.3) is 0 Å². The summed E-state index contributed by atoms with van der Waals surface area (Å²) < 4.78 is 22.2. The van der Waals surface area contributed by atoms with Crippen LogP contribution < -0.4 is 0 Å². The van der Waals surface area contributed by atoms with E-state index in [0.717, 1.165) is 38.5 Å². The van der Waals surface area contributed by atoms with Crippen molar-refractivity contribution in [2.45, 2.75) is 263 Å². The zero-order valence-electron chi connectivity index (χ0n) is 39.6. The minimum absolute atomic E-state index is 0.160. The molecule has 0 aromatic carbocycles. The molecule has 1 heterocycles. The molecule has 1 aliphatic rings. The van der Waals surface area contributed by atoms with E-state index in [4.69, 9.17) is 18.9 Å². The van der Waals surface area contributed by atoms with Gasteiger partial charge in [-0.05, 0) is 44.9 Å². The lowest BCUT2D eigenvalue weighted by Crippen LogP contribution is -2.59. The van der Waals surface area contributed by atoms with Crippen LogP contribution in [0.15, 0.2) is 36.5 Å². The van der Waals surface area contributed by atoms with Gasteiger partial charge in [0.2, 0.25) is 0 Å². The van der Waals surface area contributed by atoms with Gasteiger partial charge in [0.05, 0.1) is 13.2 Å². The molecular formula is C52H94O10. The van der Waals surface area contributed by atoms with Crippen LogP contribution in [-0.2, 0) is 28.5 Å². The third-order valence-electron chi connectivity index (χ3n) is 11.8. The van der Waals surface area contributed by atoms with Gasteiger partial charge in [-0.25, -0.2) is 0 Å². The van der Waals surface area contributed by atoms with E-state index in [-0.39, 0.29) is 32.0 Å².